The zero-order chi connectivity index (χ0) is 26.2. The molecule has 0 atom stereocenters. The minimum atomic E-state index is 0. The Morgan fingerprint density at radius 1 is 0.317 bits per heavy atom. The molecule has 9 rings (SSSR count). The summed E-state index contributed by atoms with van der Waals surface area (Å²) in [4.78, 5) is 39.3. The standard InChI is InChI=1S/C32H16N8.Zn/c1-2-10-18-17(9-1)25-33-26(18)38-28-21-13-5-6-14-22(21)30(35-28)40-32-24-16-8-7-15-23(24)31(36-32)39-29-20-12-4-3-11-19(20)27(34-29)37-25;/h1-16H;/q-2;+2. The van der Waals surface area contributed by atoms with E-state index in [0.29, 0.717) is 45.9 Å². The molecule has 8 bridgehead atoms. The van der Waals surface area contributed by atoms with Crippen molar-refractivity contribution in [3.05, 3.63) is 97.1 Å². The van der Waals surface area contributed by atoms with Crippen LogP contribution in [0.1, 0.15) is 0 Å². The quantitative estimate of drug-likeness (QED) is 0.198. The molecule has 0 amide bonds. The predicted molar refractivity (Wildman–Crippen MR) is 154 cm³/mol. The van der Waals surface area contributed by atoms with Gasteiger partial charge >= 0.3 is 19.5 Å². The Kier molecular flexibility index (Phi) is 5.17. The molecule has 7 aromatic rings. The van der Waals surface area contributed by atoms with E-state index in [2.05, 4.69) is 0 Å². The van der Waals surface area contributed by atoms with Gasteiger partial charge in [-0.15, -0.1) is 0 Å². The van der Waals surface area contributed by atoms with E-state index in [1.165, 1.54) is 0 Å². The maximum absolute atomic E-state index is 4.95. The molecule has 0 unspecified atom stereocenters. The second kappa shape index (κ2) is 8.94. The van der Waals surface area contributed by atoms with Crippen LogP contribution in [0.4, 0.5) is 0 Å². The van der Waals surface area contributed by atoms with E-state index in [9.17, 15) is 0 Å². The molecule has 5 heterocycles. The van der Waals surface area contributed by atoms with Crippen molar-refractivity contribution in [2.75, 3.05) is 0 Å². The van der Waals surface area contributed by atoms with Gasteiger partial charge in [0.15, 0.2) is 0 Å². The second-order valence-corrected chi connectivity index (χ2v) is 9.67. The van der Waals surface area contributed by atoms with Gasteiger partial charge in [-0.3, -0.25) is 0 Å². The average Bonchev–Trinajstić information content (AvgIpc) is 3.73. The monoisotopic (exact) mass is 576 g/mol. The normalized spacial score (nSPS) is 11.7. The van der Waals surface area contributed by atoms with Crippen LogP contribution >= 0.6 is 0 Å². The molecule has 2 aliphatic heterocycles. The first-order valence-corrected chi connectivity index (χ1v) is 12.9. The van der Waals surface area contributed by atoms with Crippen LogP contribution in [0, 0.1) is 0 Å². The molecular formula is C32H16N8Zn. The molecule has 8 nitrogen and oxygen atoms in total. The molecule has 0 aliphatic carbocycles. The summed E-state index contributed by atoms with van der Waals surface area (Å²) in [5.41, 5.74) is 5.78. The van der Waals surface area contributed by atoms with Crippen LogP contribution in [0.15, 0.2) is 97.1 Å². The predicted octanol–water partition coefficient (Wildman–Crippen LogP) is 6.12. The van der Waals surface area contributed by atoms with Crippen LogP contribution in [-0.2, 0) is 19.5 Å². The fourth-order valence-corrected chi connectivity index (χ4v) is 5.46. The number of hydrogen-bond donors (Lipinski definition) is 0. The van der Waals surface area contributed by atoms with E-state index in [0.717, 1.165) is 43.8 Å². The van der Waals surface area contributed by atoms with Crippen LogP contribution in [0.5, 0.6) is 0 Å². The van der Waals surface area contributed by atoms with E-state index in [4.69, 9.17) is 39.9 Å². The van der Waals surface area contributed by atoms with Crippen LogP contribution in [-0.4, -0.2) is 29.9 Å². The van der Waals surface area contributed by atoms with E-state index in [1.807, 2.05) is 97.1 Å². The summed E-state index contributed by atoms with van der Waals surface area (Å²) in [5, 5.41) is 3.57. The molecule has 0 fully saturated rings. The molecule has 0 radical (unpaired) electrons. The van der Waals surface area contributed by atoms with E-state index in [-0.39, 0.29) is 19.5 Å². The summed E-state index contributed by atoms with van der Waals surface area (Å²) >= 11 is 0. The first kappa shape index (κ1) is 23.7. The third-order valence-corrected chi connectivity index (χ3v) is 7.33. The molecule has 9 heteroatoms. The Morgan fingerprint density at radius 3 is 0.829 bits per heavy atom. The number of hydrogen-bond acceptors (Lipinski definition) is 6. The Hall–Kier alpha value is -5.14. The molecule has 0 spiro atoms. The van der Waals surface area contributed by atoms with Gasteiger partial charge in [-0.2, -0.15) is 0 Å². The van der Waals surface area contributed by atoms with E-state index in [1.54, 1.807) is 0 Å². The van der Waals surface area contributed by atoms with Crippen LogP contribution in [0.2, 0.25) is 0 Å². The van der Waals surface area contributed by atoms with Gasteiger partial charge in [0.25, 0.3) is 0 Å². The van der Waals surface area contributed by atoms with Crippen molar-refractivity contribution >= 4 is 44.1 Å². The summed E-state index contributed by atoms with van der Waals surface area (Å²) < 4.78 is 0. The molecule has 4 aromatic carbocycles. The van der Waals surface area contributed by atoms with Gasteiger partial charge in [0.1, 0.15) is 0 Å². The number of rotatable bonds is 0. The molecule has 0 saturated heterocycles. The summed E-state index contributed by atoms with van der Waals surface area (Å²) in [7, 11) is 0. The average molecular weight is 578 g/mol. The first-order valence-electron chi connectivity index (χ1n) is 12.9. The zero-order valence-electron chi connectivity index (χ0n) is 21.5. The molecular weight excluding hydrogens is 562 g/mol. The fraction of sp³-hybridized carbons (Fsp3) is 0. The third-order valence-electron chi connectivity index (χ3n) is 7.33. The van der Waals surface area contributed by atoms with Gasteiger partial charge < -0.3 is 29.9 Å². The van der Waals surface area contributed by atoms with Crippen molar-refractivity contribution in [3.63, 3.8) is 0 Å². The van der Waals surface area contributed by atoms with Crippen LogP contribution in [0.3, 0.4) is 0 Å². The molecule has 0 saturated carbocycles. The minimum absolute atomic E-state index is 0. The van der Waals surface area contributed by atoms with Crippen molar-refractivity contribution in [2.45, 2.75) is 0 Å². The van der Waals surface area contributed by atoms with Gasteiger partial charge in [0, 0.05) is 44.8 Å². The maximum Gasteiger partial charge on any atom is 2.00 e. The molecule has 0 N–H and O–H groups in total. The number of nitrogens with zero attached hydrogens (tertiary/aromatic N) is 8. The summed E-state index contributed by atoms with van der Waals surface area (Å²) in [6, 6.07) is 31.8. The van der Waals surface area contributed by atoms with Crippen LogP contribution in [0.25, 0.3) is 89.7 Å². The van der Waals surface area contributed by atoms with E-state index < -0.39 is 0 Å². The van der Waals surface area contributed by atoms with Crippen molar-refractivity contribution < 1.29 is 19.5 Å². The Labute approximate surface area is 245 Å². The van der Waals surface area contributed by atoms with Gasteiger partial charge in [-0.1, -0.05) is 97.1 Å². The largest absolute Gasteiger partial charge is 2.00 e. The third kappa shape index (κ3) is 3.56. The van der Waals surface area contributed by atoms with Crippen molar-refractivity contribution in [3.8, 4) is 45.6 Å². The molecule has 3 aromatic heterocycles. The number of benzene rings is 4. The SMILES string of the molecule is [Zn+2].c1ccc2c(c1)-c1nc-2nc2[n-]c(nc3nc(nc4[n-]c(n1)c1ccccc41)-c1ccccc1-3)c1ccccc21. The van der Waals surface area contributed by atoms with Crippen molar-refractivity contribution in [1.29, 1.82) is 0 Å². The second-order valence-electron chi connectivity index (χ2n) is 9.67. The smallest absolute Gasteiger partial charge is 0.357 e. The van der Waals surface area contributed by atoms with Gasteiger partial charge in [0.2, 0.25) is 0 Å². The van der Waals surface area contributed by atoms with Crippen molar-refractivity contribution in [1.82, 2.24) is 39.9 Å². The van der Waals surface area contributed by atoms with Gasteiger partial charge in [-0.25, -0.2) is 9.97 Å². The minimum Gasteiger partial charge on any atom is -0.357 e. The molecule has 2 aliphatic rings. The first-order chi connectivity index (χ1) is 19.8. The molecule has 41 heavy (non-hydrogen) atoms. The Bertz CT molecular complexity index is 2030. The van der Waals surface area contributed by atoms with Gasteiger partial charge in [0.05, 0.1) is 23.3 Å². The number of fused-ring (bicyclic) bond motifs is 20. The summed E-state index contributed by atoms with van der Waals surface area (Å²) in [6.45, 7) is 0. The van der Waals surface area contributed by atoms with Crippen molar-refractivity contribution in [2.24, 2.45) is 0 Å². The number of aromatic nitrogens is 8. The van der Waals surface area contributed by atoms with Gasteiger partial charge in [-0.05, 0) is 21.5 Å². The fourth-order valence-electron chi connectivity index (χ4n) is 5.46. The summed E-state index contributed by atoms with van der Waals surface area (Å²) in [6.07, 6.45) is 0. The summed E-state index contributed by atoms with van der Waals surface area (Å²) in [5.74, 6) is 2.21. The Balaban J connectivity index is 0.00000256. The Morgan fingerprint density at radius 2 is 0.561 bits per heavy atom. The molecule has 186 valence electrons. The van der Waals surface area contributed by atoms with Crippen LogP contribution < -0.4 is 9.97 Å². The zero-order valence-corrected chi connectivity index (χ0v) is 24.5. The van der Waals surface area contributed by atoms with E-state index >= 15 is 0 Å². The maximum atomic E-state index is 4.95. The topological polar surface area (TPSA) is 106 Å².